The van der Waals surface area contributed by atoms with Gasteiger partial charge in [-0.2, -0.15) is 5.21 Å². The average Bonchev–Trinajstić information content (AvgIpc) is 3.48. The van der Waals surface area contributed by atoms with E-state index < -0.39 is 0 Å². The molecule has 0 radical (unpaired) electrons. The van der Waals surface area contributed by atoms with Crippen molar-refractivity contribution in [3.05, 3.63) is 54.2 Å². The first-order valence-electron chi connectivity index (χ1n) is 11.9. The molecule has 7 nitrogen and oxygen atoms in total. The zero-order chi connectivity index (χ0) is 23.0. The van der Waals surface area contributed by atoms with Gasteiger partial charge < -0.3 is 14.0 Å². The molecule has 0 aliphatic rings. The van der Waals surface area contributed by atoms with E-state index in [9.17, 15) is 0 Å². The predicted octanol–water partition coefficient (Wildman–Crippen LogP) is 5.67. The second-order valence-electron chi connectivity index (χ2n) is 8.75. The van der Waals surface area contributed by atoms with Crippen molar-refractivity contribution in [3.63, 3.8) is 0 Å². The summed E-state index contributed by atoms with van der Waals surface area (Å²) in [4.78, 5) is 0. The number of ether oxygens (including phenoxy) is 2. The van der Waals surface area contributed by atoms with Gasteiger partial charge in [0.2, 0.25) is 5.82 Å². The first-order chi connectivity index (χ1) is 16.2. The van der Waals surface area contributed by atoms with Crippen molar-refractivity contribution in [2.24, 2.45) is 5.92 Å². The fraction of sp³-hybridized carbons (Fsp3) is 0.423. The number of rotatable bonds is 12. The fourth-order valence-corrected chi connectivity index (χ4v) is 4.07. The van der Waals surface area contributed by atoms with Crippen LogP contribution in [0.4, 0.5) is 0 Å². The maximum absolute atomic E-state index is 6.21. The van der Waals surface area contributed by atoms with Crippen LogP contribution in [-0.2, 0) is 13.0 Å². The molecule has 0 aliphatic carbocycles. The molecule has 0 saturated carbocycles. The lowest BCUT2D eigenvalue weighted by Crippen LogP contribution is -2.05. The van der Waals surface area contributed by atoms with E-state index in [1.54, 1.807) is 0 Å². The lowest BCUT2D eigenvalue weighted by Gasteiger charge is -2.14. The third-order valence-electron chi connectivity index (χ3n) is 5.61. The Morgan fingerprint density at radius 3 is 2.45 bits per heavy atom. The molecule has 174 valence electrons. The number of benzene rings is 2. The molecule has 0 unspecified atom stereocenters. The normalized spacial score (nSPS) is 11.4. The van der Waals surface area contributed by atoms with E-state index in [0.717, 1.165) is 49.3 Å². The Kier molecular flexibility index (Phi) is 7.60. The summed E-state index contributed by atoms with van der Waals surface area (Å²) in [6.07, 6.45) is 6.22. The van der Waals surface area contributed by atoms with Crippen molar-refractivity contribution in [1.82, 2.24) is 25.2 Å². The molecule has 7 heteroatoms. The zero-order valence-electron chi connectivity index (χ0n) is 19.8. The fourth-order valence-electron chi connectivity index (χ4n) is 4.07. The molecule has 0 bridgehead atoms. The van der Waals surface area contributed by atoms with Gasteiger partial charge in [0.05, 0.1) is 13.2 Å². The topological polar surface area (TPSA) is 77.8 Å². The lowest BCUT2D eigenvalue weighted by atomic mass is 10.0. The first kappa shape index (κ1) is 22.8. The van der Waals surface area contributed by atoms with Crippen LogP contribution in [0.3, 0.4) is 0 Å². The molecule has 4 aromatic rings. The largest absolute Gasteiger partial charge is 0.494 e. The standard InChI is InChI=1S/C26H33N5O2/c1-4-7-23-22-14-15-31(18-19(2)3)24(22)12-13-25(23)33-17-6-5-16-32-21-10-8-20(9-11-21)26-27-29-30-28-26/h8-15,19H,4-7,16-18H2,1-3H3,(H,27,28,29,30). The number of unbranched alkanes of at least 4 members (excludes halogenated alkanes) is 1. The van der Waals surface area contributed by atoms with Gasteiger partial charge in [-0.05, 0) is 72.9 Å². The van der Waals surface area contributed by atoms with Crippen LogP contribution in [0, 0.1) is 5.92 Å². The molecule has 4 rings (SSSR count). The highest BCUT2D eigenvalue weighted by Gasteiger charge is 2.12. The van der Waals surface area contributed by atoms with Gasteiger partial charge in [0, 0.05) is 34.8 Å². The van der Waals surface area contributed by atoms with Crippen molar-refractivity contribution >= 4 is 10.9 Å². The average molecular weight is 448 g/mol. The summed E-state index contributed by atoms with van der Waals surface area (Å²) in [5, 5.41) is 15.3. The van der Waals surface area contributed by atoms with E-state index in [1.807, 2.05) is 24.3 Å². The highest BCUT2D eigenvalue weighted by atomic mass is 16.5. The molecular formula is C26H33N5O2. The minimum atomic E-state index is 0.579. The number of nitrogens with one attached hydrogen (secondary N) is 1. The minimum Gasteiger partial charge on any atom is -0.494 e. The third kappa shape index (κ3) is 5.72. The molecule has 2 heterocycles. The Morgan fingerprint density at radius 1 is 0.970 bits per heavy atom. The molecule has 0 saturated heterocycles. The maximum Gasteiger partial charge on any atom is 0.204 e. The summed E-state index contributed by atoms with van der Waals surface area (Å²) in [5.41, 5.74) is 3.54. The summed E-state index contributed by atoms with van der Waals surface area (Å²) in [5.74, 6) is 3.06. The maximum atomic E-state index is 6.21. The smallest absolute Gasteiger partial charge is 0.204 e. The Morgan fingerprint density at radius 2 is 1.76 bits per heavy atom. The number of H-pyrrole nitrogens is 1. The lowest BCUT2D eigenvalue weighted by molar-refractivity contribution is 0.265. The van der Waals surface area contributed by atoms with Gasteiger partial charge >= 0.3 is 0 Å². The van der Waals surface area contributed by atoms with Gasteiger partial charge in [-0.1, -0.05) is 27.2 Å². The van der Waals surface area contributed by atoms with E-state index >= 15 is 0 Å². The summed E-state index contributed by atoms with van der Waals surface area (Å²) in [7, 11) is 0. The molecule has 0 fully saturated rings. The second kappa shape index (κ2) is 11.0. The van der Waals surface area contributed by atoms with Crippen LogP contribution >= 0.6 is 0 Å². The predicted molar refractivity (Wildman–Crippen MR) is 131 cm³/mol. The highest BCUT2D eigenvalue weighted by Crippen LogP contribution is 2.31. The van der Waals surface area contributed by atoms with Crippen molar-refractivity contribution in [3.8, 4) is 22.9 Å². The van der Waals surface area contributed by atoms with Crippen molar-refractivity contribution in [2.45, 2.75) is 53.0 Å². The molecule has 33 heavy (non-hydrogen) atoms. The number of aryl methyl sites for hydroxylation is 1. The monoisotopic (exact) mass is 447 g/mol. The van der Waals surface area contributed by atoms with Crippen LogP contribution in [0.15, 0.2) is 48.7 Å². The first-order valence-corrected chi connectivity index (χ1v) is 11.9. The quantitative estimate of drug-likeness (QED) is 0.283. The van der Waals surface area contributed by atoms with Gasteiger partial charge in [0.25, 0.3) is 0 Å². The molecule has 0 aliphatic heterocycles. The van der Waals surface area contributed by atoms with Crippen LogP contribution < -0.4 is 9.47 Å². The number of fused-ring (bicyclic) bond motifs is 1. The van der Waals surface area contributed by atoms with Crippen LogP contribution in [0.25, 0.3) is 22.3 Å². The molecule has 0 spiro atoms. The molecule has 2 aromatic heterocycles. The van der Waals surface area contributed by atoms with E-state index in [0.29, 0.717) is 25.0 Å². The van der Waals surface area contributed by atoms with E-state index in [4.69, 9.17) is 9.47 Å². The number of hydrogen-bond acceptors (Lipinski definition) is 5. The zero-order valence-corrected chi connectivity index (χ0v) is 19.8. The third-order valence-corrected chi connectivity index (χ3v) is 5.61. The van der Waals surface area contributed by atoms with Crippen LogP contribution in [0.1, 0.15) is 45.6 Å². The van der Waals surface area contributed by atoms with E-state index in [-0.39, 0.29) is 0 Å². The highest BCUT2D eigenvalue weighted by molar-refractivity contribution is 5.86. The van der Waals surface area contributed by atoms with Crippen molar-refractivity contribution in [2.75, 3.05) is 13.2 Å². The number of aromatic amines is 1. The van der Waals surface area contributed by atoms with Gasteiger partial charge in [0.1, 0.15) is 11.5 Å². The van der Waals surface area contributed by atoms with Gasteiger partial charge in [0.15, 0.2) is 0 Å². The van der Waals surface area contributed by atoms with Crippen molar-refractivity contribution < 1.29 is 9.47 Å². The summed E-state index contributed by atoms with van der Waals surface area (Å²) in [6, 6.07) is 14.3. The Labute approximate surface area is 195 Å². The number of tetrazole rings is 1. The number of nitrogens with zero attached hydrogens (tertiary/aromatic N) is 4. The van der Waals surface area contributed by atoms with Gasteiger partial charge in [-0.3, -0.25) is 0 Å². The van der Waals surface area contributed by atoms with E-state index in [2.05, 4.69) is 70.4 Å². The second-order valence-corrected chi connectivity index (χ2v) is 8.75. The summed E-state index contributed by atoms with van der Waals surface area (Å²) < 4.78 is 14.4. The molecule has 0 atom stereocenters. The van der Waals surface area contributed by atoms with Crippen LogP contribution in [0.2, 0.25) is 0 Å². The molecule has 0 amide bonds. The number of hydrogen-bond donors (Lipinski definition) is 1. The van der Waals surface area contributed by atoms with E-state index in [1.165, 1.54) is 16.5 Å². The van der Waals surface area contributed by atoms with Crippen molar-refractivity contribution in [1.29, 1.82) is 0 Å². The van der Waals surface area contributed by atoms with Gasteiger partial charge in [-0.15, -0.1) is 10.2 Å². The molecular weight excluding hydrogens is 414 g/mol. The Bertz CT molecular complexity index is 1130. The van der Waals surface area contributed by atoms with Crippen LogP contribution in [-0.4, -0.2) is 38.4 Å². The number of aromatic nitrogens is 5. The Hall–Kier alpha value is -3.35. The van der Waals surface area contributed by atoms with Gasteiger partial charge in [-0.25, -0.2) is 0 Å². The minimum absolute atomic E-state index is 0.579. The Balaban J connectivity index is 1.27. The van der Waals surface area contributed by atoms with Crippen LogP contribution in [0.5, 0.6) is 11.5 Å². The summed E-state index contributed by atoms with van der Waals surface area (Å²) in [6.45, 7) is 9.12. The summed E-state index contributed by atoms with van der Waals surface area (Å²) >= 11 is 0. The molecule has 2 aromatic carbocycles. The molecule has 1 N–H and O–H groups in total. The SMILES string of the molecule is CCCc1c(OCCCCOc2ccc(-c3nn[nH]n3)cc2)ccc2c1ccn2CC(C)C.